The van der Waals surface area contributed by atoms with Gasteiger partial charge in [-0.05, 0) is 48.5 Å². The number of aromatic amines is 1. The fraction of sp³-hybridized carbons (Fsp3) is 0.160. The van der Waals surface area contributed by atoms with Gasteiger partial charge in [-0.3, -0.25) is 4.79 Å². The van der Waals surface area contributed by atoms with Crippen LogP contribution in [0.15, 0.2) is 77.7 Å². The van der Waals surface area contributed by atoms with Crippen molar-refractivity contribution in [1.29, 1.82) is 0 Å². The first-order valence-corrected chi connectivity index (χ1v) is 10.9. The summed E-state index contributed by atoms with van der Waals surface area (Å²) in [6, 6.07) is 20.0. The Balaban J connectivity index is 1.32. The zero-order chi connectivity index (χ0) is 22.4. The van der Waals surface area contributed by atoms with E-state index in [9.17, 15) is 9.18 Å². The summed E-state index contributed by atoms with van der Waals surface area (Å²) in [7, 11) is 0. The minimum atomic E-state index is -0.225. The third kappa shape index (κ3) is 3.40. The van der Waals surface area contributed by atoms with E-state index in [2.05, 4.69) is 19.9 Å². The van der Waals surface area contributed by atoms with Crippen molar-refractivity contribution in [3.63, 3.8) is 0 Å². The molecule has 164 valence electrons. The molecule has 7 nitrogen and oxygen atoms in total. The maximum absolute atomic E-state index is 13.2. The molecule has 8 heteroatoms. The molecule has 0 unspecified atom stereocenters. The molecule has 0 atom stereocenters. The minimum absolute atomic E-state index is 0.172. The highest BCUT2D eigenvalue weighted by Gasteiger charge is 2.22. The maximum Gasteiger partial charge on any atom is 0.282 e. The van der Waals surface area contributed by atoms with E-state index in [0.717, 1.165) is 48.9 Å². The van der Waals surface area contributed by atoms with Gasteiger partial charge in [0.15, 0.2) is 0 Å². The fourth-order valence-corrected chi connectivity index (χ4v) is 4.38. The summed E-state index contributed by atoms with van der Waals surface area (Å²) in [5.74, 6) is 0.626. The van der Waals surface area contributed by atoms with Crippen LogP contribution < -0.4 is 15.4 Å². The van der Waals surface area contributed by atoms with Crippen LogP contribution in [0.5, 0.6) is 0 Å². The van der Waals surface area contributed by atoms with Gasteiger partial charge in [-0.2, -0.15) is 9.78 Å². The Hall–Kier alpha value is -4.20. The van der Waals surface area contributed by atoms with Crippen LogP contribution in [0, 0.1) is 5.82 Å². The summed E-state index contributed by atoms with van der Waals surface area (Å²) in [6.45, 7) is 3.21. The quantitative estimate of drug-likeness (QED) is 0.464. The molecule has 0 bridgehead atoms. The predicted octanol–water partition coefficient (Wildman–Crippen LogP) is 3.68. The van der Waals surface area contributed by atoms with Gasteiger partial charge in [-0.15, -0.1) is 0 Å². The monoisotopic (exact) mass is 440 g/mol. The van der Waals surface area contributed by atoms with Crippen molar-refractivity contribution in [2.45, 2.75) is 0 Å². The van der Waals surface area contributed by atoms with Crippen molar-refractivity contribution in [2.75, 3.05) is 36.0 Å². The Kier molecular flexibility index (Phi) is 4.57. The van der Waals surface area contributed by atoms with E-state index in [1.54, 1.807) is 6.20 Å². The average molecular weight is 440 g/mol. The van der Waals surface area contributed by atoms with Crippen LogP contribution in [-0.4, -0.2) is 45.9 Å². The molecule has 0 saturated carbocycles. The lowest BCUT2D eigenvalue weighted by Crippen LogP contribution is -2.46. The molecule has 3 aromatic rings. The molecule has 1 saturated heterocycles. The minimum Gasteiger partial charge on any atom is -0.368 e. The summed E-state index contributed by atoms with van der Waals surface area (Å²) in [5, 5.41) is 4.62. The normalized spacial score (nSPS) is 14.3. The van der Waals surface area contributed by atoms with Crippen molar-refractivity contribution in [3.05, 3.63) is 89.1 Å². The molecule has 1 fully saturated rings. The number of hydrogen-bond acceptors (Lipinski definition) is 5. The third-order valence-corrected chi connectivity index (χ3v) is 6.15. The number of hydrogen-bond donors (Lipinski definition) is 1. The smallest absolute Gasteiger partial charge is 0.282 e. The zero-order valence-corrected chi connectivity index (χ0v) is 17.8. The van der Waals surface area contributed by atoms with Gasteiger partial charge in [0.1, 0.15) is 22.8 Å². The molecule has 6 rings (SSSR count). The summed E-state index contributed by atoms with van der Waals surface area (Å²) in [5.41, 5.74) is 4.18. The summed E-state index contributed by atoms with van der Waals surface area (Å²) < 4.78 is 14.7. The van der Waals surface area contributed by atoms with Gasteiger partial charge in [-0.1, -0.05) is 18.2 Å². The molecule has 0 aliphatic carbocycles. The molecule has 0 radical (unpaired) electrons. The molecular formula is C25H21FN6O. The highest BCUT2D eigenvalue weighted by molar-refractivity contribution is 5.91. The van der Waals surface area contributed by atoms with Crippen LogP contribution in [0.2, 0.25) is 0 Å². The van der Waals surface area contributed by atoms with E-state index in [1.807, 2.05) is 54.6 Å². The number of anilines is 2. The van der Waals surface area contributed by atoms with E-state index < -0.39 is 0 Å². The predicted molar refractivity (Wildman–Crippen MR) is 127 cm³/mol. The number of rotatable bonds is 3. The lowest BCUT2D eigenvalue weighted by atomic mass is 10.1. The number of H-pyrrole nitrogens is 1. The standard InChI is InChI=1S/C25H21FN6O/c26-17-6-8-18(9-7-17)30-12-14-31(15-13-30)22-11-10-21-24(28-22)23-20(16-27-21)25(33)32(29-23)19-4-2-1-3-5-19/h1-11,16,27H,12-15H2. The SMILES string of the molecule is O=c1c2c[nH]c3ccc(N4CCN(c5ccc(F)cc5)CC4)nc3c-2nn1-c1ccccc1. The van der Waals surface area contributed by atoms with Gasteiger partial charge in [0.25, 0.3) is 5.56 Å². The van der Waals surface area contributed by atoms with E-state index in [4.69, 9.17) is 4.98 Å². The van der Waals surface area contributed by atoms with Gasteiger partial charge in [0, 0.05) is 38.1 Å². The van der Waals surface area contributed by atoms with Crippen LogP contribution in [0.1, 0.15) is 0 Å². The van der Waals surface area contributed by atoms with Gasteiger partial charge < -0.3 is 14.8 Å². The number of benzene rings is 2. The van der Waals surface area contributed by atoms with Crippen molar-refractivity contribution in [1.82, 2.24) is 19.7 Å². The number of para-hydroxylation sites is 1. The highest BCUT2D eigenvalue weighted by Crippen LogP contribution is 2.27. The molecular weight excluding hydrogens is 419 g/mol. The van der Waals surface area contributed by atoms with Crippen molar-refractivity contribution in [3.8, 4) is 16.9 Å². The summed E-state index contributed by atoms with van der Waals surface area (Å²) in [4.78, 5) is 25.5. The van der Waals surface area contributed by atoms with Crippen molar-refractivity contribution < 1.29 is 4.39 Å². The Morgan fingerprint density at radius 1 is 0.818 bits per heavy atom. The molecule has 4 heterocycles. The number of aromatic nitrogens is 4. The topological polar surface area (TPSA) is 70.1 Å². The number of nitrogens with zero attached hydrogens (tertiary/aromatic N) is 5. The summed E-state index contributed by atoms with van der Waals surface area (Å²) >= 11 is 0. The largest absolute Gasteiger partial charge is 0.368 e. The first kappa shape index (κ1) is 19.5. The lowest BCUT2D eigenvalue weighted by Gasteiger charge is -2.36. The Morgan fingerprint density at radius 3 is 2.30 bits per heavy atom. The molecule has 0 amide bonds. The molecule has 3 aliphatic rings. The van der Waals surface area contributed by atoms with Crippen molar-refractivity contribution >= 4 is 22.5 Å². The first-order valence-electron chi connectivity index (χ1n) is 10.9. The van der Waals surface area contributed by atoms with Crippen LogP contribution in [0.3, 0.4) is 0 Å². The number of fused-ring (bicyclic) bond motifs is 3. The second-order valence-electron chi connectivity index (χ2n) is 8.12. The number of halogens is 1. The van der Waals surface area contributed by atoms with Gasteiger partial charge in [0.2, 0.25) is 0 Å². The summed E-state index contributed by atoms with van der Waals surface area (Å²) in [6.07, 6.45) is 1.70. The zero-order valence-electron chi connectivity index (χ0n) is 17.8. The number of piperazine rings is 1. The lowest BCUT2D eigenvalue weighted by molar-refractivity contribution is 0.624. The van der Waals surface area contributed by atoms with Crippen LogP contribution in [0.25, 0.3) is 28.0 Å². The van der Waals surface area contributed by atoms with Crippen LogP contribution >= 0.6 is 0 Å². The molecule has 0 spiro atoms. The Labute approximate surface area is 189 Å². The number of nitrogens with one attached hydrogen (secondary N) is 1. The van der Waals surface area contributed by atoms with Gasteiger partial charge >= 0.3 is 0 Å². The molecule has 1 aromatic heterocycles. The molecule has 33 heavy (non-hydrogen) atoms. The second-order valence-corrected chi connectivity index (χ2v) is 8.12. The maximum atomic E-state index is 13.2. The van der Waals surface area contributed by atoms with Crippen LogP contribution in [-0.2, 0) is 0 Å². The Bertz CT molecular complexity index is 1450. The van der Waals surface area contributed by atoms with E-state index >= 15 is 0 Å². The van der Waals surface area contributed by atoms with Crippen LogP contribution in [0.4, 0.5) is 15.9 Å². The first-order chi connectivity index (χ1) is 16.2. The van der Waals surface area contributed by atoms with E-state index in [-0.39, 0.29) is 11.4 Å². The molecule has 2 aromatic carbocycles. The van der Waals surface area contributed by atoms with Gasteiger partial charge in [-0.25, -0.2) is 9.37 Å². The second kappa shape index (κ2) is 7.74. The Morgan fingerprint density at radius 2 is 1.55 bits per heavy atom. The van der Waals surface area contributed by atoms with E-state index in [0.29, 0.717) is 16.8 Å². The number of pyridine rings is 2. The average Bonchev–Trinajstić information content (AvgIpc) is 3.22. The fourth-order valence-electron chi connectivity index (χ4n) is 4.38. The third-order valence-electron chi connectivity index (χ3n) is 6.15. The molecule has 1 N–H and O–H groups in total. The van der Waals surface area contributed by atoms with E-state index in [1.165, 1.54) is 16.8 Å². The van der Waals surface area contributed by atoms with Crippen molar-refractivity contribution in [2.24, 2.45) is 0 Å². The highest BCUT2D eigenvalue weighted by atomic mass is 19.1. The molecule has 3 aliphatic heterocycles. The van der Waals surface area contributed by atoms with Gasteiger partial charge in [0.05, 0.1) is 16.8 Å².